The van der Waals surface area contributed by atoms with Crippen LogP contribution in [0.25, 0.3) is 0 Å². The van der Waals surface area contributed by atoms with Gasteiger partial charge in [0.2, 0.25) is 5.91 Å². The summed E-state index contributed by atoms with van der Waals surface area (Å²) in [4.78, 5) is 21.9. The predicted octanol–water partition coefficient (Wildman–Crippen LogP) is 1.38. The Balaban J connectivity index is 3.53. The molecule has 0 aromatic carbocycles. The lowest BCUT2D eigenvalue weighted by Crippen LogP contribution is -2.34. The molecule has 5 heteroatoms. The lowest BCUT2D eigenvalue weighted by Gasteiger charge is -2.15. The van der Waals surface area contributed by atoms with Crippen LogP contribution in [0.5, 0.6) is 0 Å². The molecule has 4 N–H and O–H groups in total. The topological polar surface area (TPSA) is 84.2 Å². The molecular formula is C12H25N3O2. The molecule has 0 bridgehead atoms. The number of carbonyl (C=O) groups is 2. The highest BCUT2D eigenvalue weighted by Crippen LogP contribution is 2.06. The monoisotopic (exact) mass is 243 g/mol. The minimum Gasteiger partial charge on any atom is -0.354 e. The number of carbonyl (C=O) groups excluding carboxylic acids is 2. The minimum atomic E-state index is -0.546. The quantitative estimate of drug-likeness (QED) is 0.563. The van der Waals surface area contributed by atoms with Gasteiger partial charge in [-0.1, -0.05) is 13.8 Å². The van der Waals surface area contributed by atoms with Crippen LogP contribution in [0.15, 0.2) is 0 Å². The van der Waals surface area contributed by atoms with Crippen molar-refractivity contribution in [2.75, 3.05) is 6.54 Å². The van der Waals surface area contributed by atoms with Crippen molar-refractivity contribution in [3.8, 4) is 0 Å². The number of nitrogens with one attached hydrogen (secondary N) is 2. The van der Waals surface area contributed by atoms with E-state index in [1.165, 1.54) is 0 Å². The maximum Gasteiger partial charge on any atom is 0.312 e. The second kappa shape index (κ2) is 8.84. The van der Waals surface area contributed by atoms with E-state index >= 15 is 0 Å². The van der Waals surface area contributed by atoms with E-state index in [0.29, 0.717) is 25.3 Å². The Labute approximate surface area is 104 Å². The van der Waals surface area contributed by atoms with Gasteiger partial charge in [-0.05, 0) is 32.1 Å². The van der Waals surface area contributed by atoms with Gasteiger partial charge in [-0.2, -0.15) is 0 Å². The molecule has 0 heterocycles. The average Bonchev–Trinajstić information content (AvgIpc) is 2.21. The fourth-order valence-electron chi connectivity index (χ4n) is 1.46. The van der Waals surface area contributed by atoms with Crippen molar-refractivity contribution < 1.29 is 9.59 Å². The standard InChI is InChI=1S/C12H25N3O2/c1-9(2)6-7-10(3)15-11(16)5-4-8-14-12(13)17/h9-10H,4-8H2,1-3H3,(H,15,16)(H3,13,14,17). The second-order valence-electron chi connectivity index (χ2n) is 4.83. The summed E-state index contributed by atoms with van der Waals surface area (Å²) in [5, 5.41) is 5.39. The number of amides is 3. The minimum absolute atomic E-state index is 0.0347. The average molecular weight is 243 g/mol. The Morgan fingerprint density at radius 3 is 2.35 bits per heavy atom. The molecule has 0 aliphatic heterocycles. The molecule has 0 aromatic heterocycles. The molecule has 0 aliphatic carbocycles. The first kappa shape index (κ1) is 15.7. The number of rotatable bonds is 8. The van der Waals surface area contributed by atoms with E-state index in [1.54, 1.807) is 0 Å². The van der Waals surface area contributed by atoms with Gasteiger partial charge in [-0.15, -0.1) is 0 Å². The van der Waals surface area contributed by atoms with Crippen molar-refractivity contribution in [1.29, 1.82) is 0 Å². The highest BCUT2D eigenvalue weighted by molar-refractivity contribution is 5.76. The first-order valence-electron chi connectivity index (χ1n) is 6.24. The van der Waals surface area contributed by atoms with Gasteiger partial charge in [-0.25, -0.2) is 4.79 Å². The summed E-state index contributed by atoms with van der Waals surface area (Å²) < 4.78 is 0. The maximum atomic E-state index is 11.5. The molecule has 0 fully saturated rings. The molecule has 0 spiro atoms. The van der Waals surface area contributed by atoms with Gasteiger partial charge in [0.25, 0.3) is 0 Å². The molecule has 0 radical (unpaired) electrons. The molecule has 1 unspecified atom stereocenters. The number of primary amides is 1. The molecule has 0 aromatic rings. The van der Waals surface area contributed by atoms with Gasteiger partial charge in [0.1, 0.15) is 0 Å². The Bertz CT molecular complexity index is 242. The normalized spacial score (nSPS) is 12.2. The fourth-order valence-corrected chi connectivity index (χ4v) is 1.46. The fraction of sp³-hybridized carbons (Fsp3) is 0.833. The third-order valence-corrected chi connectivity index (χ3v) is 2.46. The maximum absolute atomic E-state index is 11.5. The van der Waals surface area contributed by atoms with Gasteiger partial charge < -0.3 is 16.4 Å². The van der Waals surface area contributed by atoms with Crippen LogP contribution in [0.4, 0.5) is 4.79 Å². The first-order valence-corrected chi connectivity index (χ1v) is 6.24. The third kappa shape index (κ3) is 11.0. The van der Waals surface area contributed by atoms with Crippen molar-refractivity contribution in [1.82, 2.24) is 10.6 Å². The van der Waals surface area contributed by atoms with E-state index in [0.717, 1.165) is 12.8 Å². The molecule has 0 saturated heterocycles. The smallest absolute Gasteiger partial charge is 0.312 e. The van der Waals surface area contributed by atoms with Crippen LogP contribution in [0.2, 0.25) is 0 Å². The van der Waals surface area contributed by atoms with Crippen molar-refractivity contribution in [2.45, 2.75) is 52.5 Å². The lowest BCUT2D eigenvalue weighted by atomic mass is 10.0. The van der Waals surface area contributed by atoms with E-state index in [-0.39, 0.29) is 11.9 Å². The van der Waals surface area contributed by atoms with E-state index < -0.39 is 6.03 Å². The number of urea groups is 1. The zero-order chi connectivity index (χ0) is 13.3. The molecule has 5 nitrogen and oxygen atoms in total. The van der Waals surface area contributed by atoms with Gasteiger partial charge in [-0.3, -0.25) is 4.79 Å². The van der Waals surface area contributed by atoms with Crippen LogP contribution in [0.1, 0.15) is 46.5 Å². The molecule has 3 amide bonds. The first-order chi connectivity index (χ1) is 7.91. The molecule has 0 saturated carbocycles. The van der Waals surface area contributed by atoms with E-state index in [2.05, 4.69) is 24.5 Å². The zero-order valence-electron chi connectivity index (χ0n) is 11.1. The second-order valence-corrected chi connectivity index (χ2v) is 4.83. The Hall–Kier alpha value is -1.26. The van der Waals surface area contributed by atoms with Crippen LogP contribution in [0.3, 0.4) is 0 Å². The molecule has 0 aliphatic rings. The van der Waals surface area contributed by atoms with Crippen LogP contribution in [-0.4, -0.2) is 24.5 Å². The predicted molar refractivity (Wildman–Crippen MR) is 68.5 cm³/mol. The van der Waals surface area contributed by atoms with Gasteiger partial charge >= 0.3 is 6.03 Å². The Morgan fingerprint density at radius 2 is 1.82 bits per heavy atom. The summed E-state index contributed by atoms with van der Waals surface area (Å²) in [5.74, 6) is 0.696. The molecule has 0 rings (SSSR count). The highest BCUT2D eigenvalue weighted by atomic mass is 16.2. The summed E-state index contributed by atoms with van der Waals surface area (Å²) >= 11 is 0. The van der Waals surface area contributed by atoms with Gasteiger partial charge in [0.05, 0.1) is 0 Å². The largest absolute Gasteiger partial charge is 0.354 e. The molecule has 1 atom stereocenters. The van der Waals surface area contributed by atoms with Gasteiger partial charge in [0, 0.05) is 19.0 Å². The van der Waals surface area contributed by atoms with Crippen molar-refractivity contribution in [2.24, 2.45) is 11.7 Å². The summed E-state index contributed by atoms with van der Waals surface area (Å²) in [6.45, 7) is 6.80. The number of nitrogens with two attached hydrogens (primary N) is 1. The molecule has 100 valence electrons. The van der Waals surface area contributed by atoms with E-state index in [1.807, 2.05) is 6.92 Å². The summed E-state index contributed by atoms with van der Waals surface area (Å²) in [6.07, 6.45) is 3.16. The van der Waals surface area contributed by atoms with Crippen LogP contribution < -0.4 is 16.4 Å². The third-order valence-electron chi connectivity index (χ3n) is 2.46. The SMILES string of the molecule is CC(C)CCC(C)NC(=O)CCCNC(N)=O. The summed E-state index contributed by atoms with van der Waals surface area (Å²) in [7, 11) is 0. The van der Waals surface area contributed by atoms with Gasteiger partial charge in [0.15, 0.2) is 0 Å². The number of hydrogen-bond acceptors (Lipinski definition) is 2. The van der Waals surface area contributed by atoms with Crippen LogP contribution >= 0.6 is 0 Å². The lowest BCUT2D eigenvalue weighted by molar-refractivity contribution is -0.121. The Morgan fingerprint density at radius 1 is 1.18 bits per heavy atom. The van der Waals surface area contributed by atoms with E-state index in [9.17, 15) is 9.59 Å². The molecule has 17 heavy (non-hydrogen) atoms. The number of hydrogen-bond donors (Lipinski definition) is 3. The van der Waals surface area contributed by atoms with Crippen LogP contribution in [0, 0.1) is 5.92 Å². The van der Waals surface area contributed by atoms with Crippen molar-refractivity contribution >= 4 is 11.9 Å². The van der Waals surface area contributed by atoms with Crippen molar-refractivity contribution in [3.63, 3.8) is 0 Å². The Kier molecular flexibility index (Phi) is 8.19. The summed E-state index contributed by atoms with van der Waals surface area (Å²) in [6, 6.07) is -0.329. The van der Waals surface area contributed by atoms with Crippen LogP contribution in [-0.2, 0) is 4.79 Å². The highest BCUT2D eigenvalue weighted by Gasteiger charge is 2.07. The summed E-state index contributed by atoms with van der Waals surface area (Å²) in [5.41, 5.74) is 4.91. The van der Waals surface area contributed by atoms with E-state index in [4.69, 9.17) is 5.73 Å². The van der Waals surface area contributed by atoms with Crippen molar-refractivity contribution in [3.05, 3.63) is 0 Å². The zero-order valence-corrected chi connectivity index (χ0v) is 11.1. The molecular weight excluding hydrogens is 218 g/mol.